The Morgan fingerprint density at radius 1 is 1.20 bits per heavy atom. The van der Waals surface area contributed by atoms with Crippen LogP contribution in [-0.2, 0) is 4.79 Å². The number of aliphatic hydroxyl groups excluding tert-OH is 1. The van der Waals surface area contributed by atoms with Gasteiger partial charge in [-0.15, -0.1) is 0 Å². The molecule has 144 valence electrons. The van der Waals surface area contributed by atoms with Crippen LogP contribution in [0.1, 0.15) is 78.1 Å². The summed E-state index contributed by atoms with van der Waals surface area (Å²) in [4.78, 5) is 10.5. The molecular formula is C21H36O4. The second kappa shape index (κ2) is 11.5. The highest BCUT2D eigenvalue weighted by Crippen LogP contribution is 2.36. The number of carboxylic acid groups (broad SMARTS) is 1. The predicted molar refractivity (Wildman–Crippen MR) is 101 cm³/mol. The normalized spacial score (nSPS) is 26.5. The Morgan fingerprint density at radius 2 is 1.96 bits per heavy atom. The minimum Gasteiger partial charge on any atom is -0.481 e. The number of aliphatic hydroxyl groups is 2. The number of allylic oxidation sites excluding steroid dienone is 2. The highest BCUT2D eigenvalue weighted by Gasteiger charge is 2.32. The van der Waals surface area contributed by atoms with E-state index in [-0.39, 0.29) is 18.4 Å². The topological polar surface area (TPSA) is 77.8 Å². The molecular weight excluding hydrogens is 316 g/mol. The summed E-state index contributed by atoms with van der Waals surface area (Å²) in [7, 11) is 0. The number of aliphatic carboxylic acids is 1. The second-order valence-corrected chi connectivity index (χ2v) is 7.65. The van der Waals surface area contributed by atoms with Gasteiger partial charge in [0.2, 0.25) is 0 Å². The quantitative estimate of drug-likeness (QED) is 0.358. The Hall–Kier alpha value is -1.13. The van der Waals surface area contributed by atoms with Gasteiger partial charge < -0.3 is 15.3 Å². The van der Waals surface area contributed by atoms with Crippen LogP contribution in [0.3, 0.4) is 0 Å². The van der Waals surface area contributed by atoms with Crippen molar-refractivity contribution in [2.75, 3.05) is 0 Å². The van der Waals surface area contributed by atoms with Gasteiger partial charge in [-0.05, 0) is 51.4 Å². The van der Waals surface area contributed by atoms with Crippen LogP contribution < -0.4 is 0 Å². The minimum absolute atomic E-state index is 0.0984. The summed E-state index contributed by atoms with van der Waals surface area (Å²) in [6.45, 7) is 4.00. The van der Waals surface area contributed by atoms with Gasteiger partial charge in [0.1, 0.15) is 0 Å². The van der Waals surface area contributed by atoms with E-state index in [9.17, 15) is 15.0 Å². The van der Waals surface area contributed by atoms with Gasteiger partial charge in [0, 0.05) is 12.3 Å². The summed E-state index contributed by atoms with van der Waals surface area (Å²) in [6.07, 6.45) is 16.2. The van der Waals surface area contributed by atoms with E-state index in [0.717, 1.165) is 51.4 Å². The second-order valence-electron chi connectivity index (χ2n) is 7.65. The fourth-order valence-corrected chi connectivity index (χ4v) is 3.54. The zero-order valence-corrected chi connectivity index (χ0v) is 15.9. The van der Waals surface area contributed by atoms with Crippen molar-refractivity contribution in [2.45, 2.75) is 89.8 Å². The lowest BCUT2D eigenvalue weighted by Crippen LogP contribution is -2.23. The zero-order chi connectivity index (χ0) is 18.7. The molecule has 1 fully saturated rings. The lowest BCUT2D eigenvalue weighted by atomic mass is 9.88. The molecule has 1 saturated carbocycles. The van der Waals surface area contributed by atoms with Gasteiger partial charge in [-0.2, -0.15) is 0 Å². The van der Waals surface area contributed by atoms with Crippen molar-refractivity contribution in [3.63, 3.8) is 0 Å². The smallest absolute Gasteiger partial charge is 0.303 e. The predicted octanol–water partition coefficient (Wildman–Crippen LogP) is 4.46. The fraction of sp³-hybridized carbons (Fsp3) is 0.762. The average Bonchev–Trinajstić information content (AvgIpc) is 2.89. The van der Waals surface area contributed by atoms with Crippen LogP contribution in [0.2, 0.25) is 0 Å². The maximum atomic E-state index is 10.5. The Bertz CT molecular complexity index is 439. The summed E-state index contributed by atoms with van der Waals surface area (Å²) in [5.41, 5.74) is -0.797. The van der Waals surface area contributed by atoms with Gasteiger partial charge in [-0.25, -0.2) is 0 Å². The fourth-order valence-electron chi connectivity index (χ4n) is 3.54. The van der Waals surface area contributed by atoms with Crippen molar-refractivity contribution in [2.24, 2.45) is 11.8 Å². The number of hydrogen-bond donors (Lipinski definition) is 3. The van der Waals surface area contributed by atoms with Gasteiger partial charge >= 0.3 is 5.97 Å². The number of carboxylic acids is 1. The number of unbranched alkanes of at least 4 members (excludes halogenated alkanes) is 3. The maximum absolute atomic E-state index is 10.5. The van der Waals surface area contributed by atoms with Gasteiger partial charge in [-0.3, -0.25) is 4.79 Å². The summed E-state index contributed by atoms with van der Waals surface area (Å²) < 4.78 is 0. The van der Waals surface area contributed by atoms with Crippen molar-refractivity contribution in [1.82, 2.24) is 0 Å². The minimum atomic E-state index is -0.797. The molecule has 3 N–H and O–H groups in total. The molecule has 4 heteroatoms. The van der Waals surface area contributed by atoms with E-state index < -0.39 is 11.6 Å². The summed E-state index contributed by atoms with van der Waals surface area (Å²) >= 11 is 0. The van der Waals surface area contributed by atoms with Gasteiger partial charge in [0.15, 0.2) is 0 Å². The third kappa shape index (κ3) is 9.22. The standard InChI is InChI=1S/C21H36O4/c1-3-4-9-15-21(2,25)16-14-18-17(12-13-19(18)22)10-7-5-6-8-11-20(23)24/h5,7,14,16-19,22,25H,3-4,6,8-13,15H2,1-2H3,(H,23,24)/b7-5-,16-14+/t17-,18?,19+,21?/m0/s1. The van der Waals surface area contributed by atoms with Gasteiger partial charge in [0.25, 0.3) is 0 Å². The first kappa shape index (κ1) is 21.9. The molecule has 2 unspecified atom stereocenters. The summed E-state index contributed by atoms with van der Waals surface area (Å²) in [5.74, 6) is -0.252. The van der Waals surface area contributed by atoms with Crippen LogP contribution >= 0.6 is 0 Å². The third-order valence-electron chi connectivity index (χ3n) is 5.15. The lowest BCUT2D eigenvalue weighted by molar-refractivity contribution is -0.137. The monoisotopic (exact) mass is 352 g/mol. The SMILES string of the molecule is CCCCCC(C)(O)/C=C/C1[C@@H](C/C=C\CCCC(=O)O)CC[C@H]1O. The number of hydrogen-bond acceptors (Lipinski definition) is 3. The van der Waals surface area contributed by atoms with E-state index in [2.05, 4.69) is 19.1 Å². The molecule has 25 heavy (non-hydrogen) atoms. The van der Waals surface area contributed by atoms with E-state index in [1.54, 1.807) is 0 Å². The van der Waals surface area contributed by atoms with Crippen molar-refractivity contribution in [3.8, 4) is 0 Å². The van der Waals surface area contributed by atoms with Crippen LogP contribution in [-0.4, -0.2) is 33.0 Å². The first-order valence-electron chi connectivity index (χ1n) is 9.82. The molecule has 0 aromatic heterocycles. The Labute approximate surface area is 152 Å². The molecule has 0 amide bonds. The number of carbonyl (C=O) groups is 1. The molecule has 1 rings (SSSR count). The average molecular weight is 353 g/mol. The first-order chi connectivity index (χ1) is 11.9. The molecule has 1 aliphatic carbocycles. The molecule has 0 aliphatic heterocycles. The molecule has 0 spiro atoms. The van der Waals surface area contributed by atoms with E-state index >= 15 is 0 Å². The molecule has 4 nitrogen and oxygen atoms in total. The summed E-state index contributed by atoms with van der Waals surface area (Å²) in [6, 6.07) is 0. The van der Waals surface area contributed by atoms with Crippen molar-refractivity contribution < 1.29 is 20.1 Å². The molecule has 0 saturated heterocycles. The third-order valence-corrected chi connectivity index (χ3v) is 5.15. The van der Waals surface area contributed by atoms with E-state index in [1.807, 2.05) is 19.1 Å². The Morgan fingerprint density at radius 3 is 2.64 bits per heavy atom. The number of rotatable bonds is 12. The highest BCUT2D eigenvalue weighted by atomic mass is 16.4. The lowest BCUT2D eigenvalue weighted by Gasteiger charge is -2.22. The molecule has 4 atom stereocenters. The highest BCUT2D eigenvalue weighted by molar-refractivity contribution is 5.66. The van der Waals surface area contributed by atoms with Crippen LogP contribution in [0.4, 0.5) is 0 Å². The first-order valence-corrected chi connectivity index (χ1v) is 9.82. The van der Waals surface area contributed by atoms with Gasteiger partial charge in [-0.1, -0.05) is 50.5 Å². The van der Waals surface area contributed by atoms with Crippen LogP contribution in [0.15, 0.2) is 24.3 Å². The van der Waals surface area contributed by atoms with Crippen molar-refractivity contribution in [3.05, 3.63) is 24.3 Å². The molecule has 0 bridgehead atoms. The largest absolute Gasteiger partial charge is 0.481 e. The van der Waals surface area contributed by atoms with Crippen molar-refractivity contribution >= 4 is 5.97 Å². The molecule has 1 aliphatic rings. The van der Waals surface area contributed by atoms with E-state index in [0.29, 0.717) is 12.3 Å². The zero-order valence-electron chi connectivity index (χ0n) is 15.9. The Balaban J connectivity index is 2.45. The Kier molecular flexibility index (Phi) is 10.1. The summed E-state index contributed by atoms with van der Waals surface area (Å²) in [5, 5.41) is 29.3. The van der Waals surface area contributed by atoms with Crippen LogP contribution in [0.25, 0.3) is 0 Å². The molecule has 0 aromatic carbocycles. The maximum Gasteiger partial charge on any atom is 0.303 e. The van der Waals surface area contributed by atoms with E-state index in [4.69, 9.17) is 5.11 Å². The van der Waals surface area contributed by atoms with Crippen molar-refractivity contribution in [1.29, 1.82) is 0 Å². The molecule has 0 heterocycles. The molecule has 0 radical (unpaired) electrons. The van der Waals surface area contributed by atoms with E-state index in [1.165, 1.54) is 0 Å². The van der Waals surface area contributed by atoms with Crippen LogP contribution in [0.5, 0.6) is 0 Å². The van der Waals surface area contributed by atoms with Gasteiger partial charge in [0.05, 0.1) is 11.7 Å². The van der Waals surface area contributed by atoms with Crippen LogP contribution in [0, 0.1) is 11.8 Å². The molecule has 0 aromatic rings.